The molecule has 3 N–H and O–H groups in total. The first-order valence-electron chi connectivity index (χ1n) is 31.1. The largest absolute Gasteiger partial charge is 0.375 e. The van der Waals surface area contributed by atoms with Gasteiger partial charge in [0.15, 0.2) is 17.2 Å². The summed E-state index contributed by atoms with van der Waals surface area (Å²) in [6.45, 7) is 5.40. The third-order valence-corrected chi connectivity index (χ3v) is 21.2. The van der Waals surface area contributed by atoms with Gasteiger partial charge in [-0.3, -0.25) is 28.9 Å². The summed E-state index contributed by atoms with van der Waals surface area (Å²) in [7, 11) is 10.6. The van der Waals surface area contributed by atoms with Crippen molar-refractivity contribution in [1.82, 2.24) is 39.5 Å². The minimum Gasteiger partial charge on any atom is -0.375 e. The molecule has 2 saturated heterocycles. The number of nitrogens with zero attached hydrogens (tertiary/aromatic N) is 6. The van der Waals surface area contributed by atoms with E-state index in [4.69, 9.17) is 18.9 Å². The summed E-state index contributed by atoms with van der Waals surface area (Å²) >= 11 is 0. The van der Waals surface area contributed by atoms with Crippen LogP contribution in [-0.4, -0.2) is 132 Å². The Kier molecular flexibility index (Phi) is 12.6. The molecule has 9 aromatic rings. The molecule has 2 aliphatic carbocycles. The predicted octanol–water partition coefficient (Wildman–Crippen LogP) is 9.75. The number of hydrogen-bond acceptors (Lipinski definition) is 11. The van der Waals surface area contributed by atoms with Crippen molar-refractivity contribution in [2.24, 2.45) is 0 Å². The molecular formula is C71H71N9O9. The molecule has 8 aliphatic rings. The number of aryl methyl sites for hydroxylation is 1. The van der Waals surface area contributed by atoms with Crippen LogP contribution >= 0.6 is 0 Å². The Balaban J connectivity index is 0.000000143. The highest BCUT2D eigenvalue weighted by atomic mass is 16.6. The van der Waals surface area contributed by atoms with Gasteiger partial charge in [-0.1, -0.05) is 91.0 Å². The number of fused-ring (bicyclic) bond motifs is 26. The van der Waals surface area contributed by atoms with Crippen LogP contribution in [0.2, 0.25) is 0 Å². The Bertz CT molecular complexity index is 4650. The first-order chi connectivity index (χ1) is 43.1. The average Bonchev–Trinajstić information content (AvgIpc) is 1.52. The summed E-state index contributed by atoms with van der Waals surface area (Å²) < 4.78 is 34.4. The van der Waals surface area contributed by atoms with Crippen LogP contribution in [-0.2, 0) is 59.5 Å². The molecule has 9 heterocycles. The van der Waals surface area contributed by atoms with E-state index < -0.39 is 23.8 Å². The SMILES string of the molecule is CNC(=O)CCC(=O)N(C)[C@@H]1C[C@H]2O[C@@](C)([C@@H]1OC)n1c3ccccc3c3c4c(c5c(c31)N2C1C=CC=CC51)C(=O)NC4.CNC(=O)c1ccc(CN(C)[C@@H]2C[C@H]3O[C@@](C)([C@@H]2OC)n2c4ccccc4c4c5c(c6c7ccccc7n3c6c42)C(=O)CC5)cc1. The van der Waals surface area contributed by atoms with Gasteiger partial charge < -0.3 is 58.4 Å². The maximum absolute atomic E-state index is 13.7. The lowest BCUT2D eigenvalue weighted by molar-refractivity contribution is -0.268. The molecule has 0 saturated carbocycles. The van der Waals surface area contributed by atoms with Gasteiger partial charge >= 0.3 is 0 Å². The summed E-state index contributed by atoms with van der Waals surface area (Å²) in [4.78, 5) is 71.4. The summed E-state index contributed by atoms with van der Waals surface area (Å²) in [5.41, 5.74) is 12.3. The number of Topliss-reactive ketones (excluding diaryl/α,β-unsaturated/α-hetero) is 1. The van der Waals surface area contributed by atoms with E-state index in [-0.39, 0.29) is 78.6 Å². The number of rotatable bonds is 10. The second-order valence-corrected chi connectivity index (χ2v) is 25.6. The smallest absolute Gasteiger partial charge is 0.252 e. The van der Waals surface area contributed by atoms with Crippen molar-refractivity contribution in [2.75, 3.05) is 47.3 Å². The second-order valence-electron chi connectivity index (χ2n) is 25.6. The van der Waals surface area contributed by atoms with Crippen molar-refractivity contribution in [3.8, 4) is 0 Å². The molecule has 3 aromatic heterocycles. The molecule has 2 fully saturated rings. The zero-order valence-corrected chi connectivity index (χ0v) is 51.2. The zero-order valence-electron chi connectivity index (χ0n) is 51.2. The first-order valence-corrected chi connectivity index (χ1v) is 31.1. The van der Waals surface area contributed by atoms with Gasteiger partial charge in [0, 0.05) is 142 Å². The number of para-hydroxylation sites is 3. The topological polar surface area (TPSA) is 183 Å². The third-order valence-electron chi connectivity index (χ3n) is 21.2. The number of hydrogen-bond donors (Lipinski definition) is 3. The van der Waals surface area contributed by atoms with Gasteiger partial charge in [-0.05, 0) is 74.3 Å². The number of benzene rings is 6. The first kappa shape index (κ1) is 55.6. The number of aromatic nitrogens is 3. The van der Waals surface area contributed by atoms with Crippen molar-refractivity contribution in [3.05, 3.63) is 160 Å². The van der Waals surface area contributed by atoms with Crippen LogP contribution in [0.15, 0.2) is 121 Å². The standard InChI is InChI=1S/C38H36N4O4.C33H35N5O5/c1-38-36(45-4)28(40(3)20-21-13-15-22(16-14-21)37(44)39-2)19-30(46-38)41-26-11-7-5-9-23(26)33-32-25(17-18-29(32)43)31-24-10-6-8-12-27(24)42(38)35(31)34(33)41;1-33-31(42-4)22(36(3)24(40)14-13-23(39)34-2)15-25(43-33)37-20-11-7-5-9-17(20)27-28-19(16-35-32(28)41)26-18-10-6-8-12-21(18)38(33)30(26)29(27)37/h5-16,28,30,36H,17-20H2,1-4H3,(H,39,44);5-12,17,20,22,25,31H,13-16H2,1-4H3,(H,34,39)(H,35,41)/t28-,30-,36-,38+;17?,20?,22-,25-,31-,33+/m11/s1. The number of likely N-dealkylation sites (N-methyl/N-ethyl adjacent to an activating group) is 2. The van der Waals surface area contributed by atoms with Crippen LogP contribution in [0.1, 0.15) is 111 Å². The molecule has 10 atom stereocenters. The van der Waals surface area contributed by atoms with E-state index in [2.05, 4.69) is 145 Å². The number of carbonyl (C=O) groups is 5. The molecule has 17 rings (SSSR count). The number of amides is 4. The van der Waals surface area contributed by atoms with Crippen molar-refractivity contribution in [2.45, 2.75) is 126 Å². The fourth-order valence-corrected chi connectivity index (χ4v) is 17.5. The number of anilines is 1. The Morgan fingerprint density at radius 2 is 1.28 bits per heavy atom. The zero-order chi connectivity index (χ0) is 61.3. The summed E-state index contributed by atoms with van der Waals surface area (Å²) in [5, 5.41) is 15.0. The normalized spacial score (nSPS) is 26.5. The van der Waals surface area contributed by atoms with E-state index in [0.717, 1.165) is 106 Å². The molecular weight excluding hydrogens is 1120 g/mol. The molecule has 89 heavy (non-hydrogen) atoms. The van der Waals surface area contributed by atoms with Crippen LogP contribution in [0.5, 0.6) is 0 Å². The van der Waals surface area contributed by atoms with Crippen molar-refractivity contribution < 1.29 is 42.9 Å². The second kappa shape index (κ2) is 20.2. The maximum atomic E-state index is 13.7. The number of nitrogens with one attached hydrogen (secondary N) is 3. The van der Waals surface area contributed by atoms with E-state index in [0.29, 0.717) is 37.9 Å². The van der Waals surface area contributed by atoms with Crippen molar-refractivity contribution in [1.29, 1.82) is 0 Å². The van der Waals surface area contributed by atoms with Gasteiger partial charge in [-0.15, -0.1) is 0 Å². The highest BCUT2D eigenvalue weighted by Gasteiger charge is 2.60. The lowest BCUT2D eigenvalue weighted by atomic mass is 9.85. The number of ether oxygens (including phenoxy) is 4. The Morgan fingerprint density at radius 3 is 1.96 bits per heavy atom. The molecule has 4 amide bonds. The van der Waals surface area contributed by atoms with Gasteiger partial charge in [-0.2, -0.15) is 0 Å². The maximum Gasteiger partial charge on any atom is 0.252 e. The Morgan fingerprint density at radius 1 is 0.674 bits per heavy atom. The lowest BCUT2D eigenvalue weighted by Gasteiger charge is -2.52. The Hall–Kier alpha value is -8.65. The highest BCUT2D eigenvalue weighted by molar-refractivity contribution is 6.31. The van der Waals surface area contributed by atoms with Crippen LogP contribution in [0.25, 0.3) is 65.4 Å². The minimum absolute atomic E-state index is 0.00747. The average molecular weight is 1190 g/mol. The minimum atomic E-state index is -0.995. The fourth-order valence-electron chi connectivity index (χ4n) is 17.5. The van der Waals surface area contributed by atoms with Gasteiger partial charge in [0.2, 0.25) is 11.8 Å². The quantitative estimate of drug-likeness (QED) is 0.119. The molecule has 0 spiro atoms. The molecule has 2 unspecified atom stereocenters. The van der Waals surface area contributed by atoms with Gasteiger partial charge in [0.05, 0.1) is 56.4 Å². The molecule has 6 aromatic carbocycles. The van der Waals surface area contributed by atoms with E-state index >= 15 is 0 Å². The summed E-state index contributed by atoms with van der Waals surface area (Å²) in [6.07, 6.45) is 9.73. The summed E-state index contributed by atoms with van der Waals surface area (Å²) in [6, 6.07) is 32.7. The summed E-state index contributed by atoms with van der Waals surface area (Å²) in [5.74, 6) is -0.188. The van der Waals surface area contributed by atoms with Crippen molar-refractivity contribution >= 4 is 101 Å². The van der Waals surface area contributed by atoms with E-state index in [1.54, 1.807) is 40.3 Å². The van der Waals surface area contributed by atoms with E-state index in [1.807, 2.05) is 36.4 Å². The lowest BCUT2D eigenvalue weighted by Crippen LogP contribution is -2.65. The number of carbonyl (C=O) groups excluding carboxylic acids is 5. The predicted molar refractivity (Wildman–Crippen MR) is 341 cm³/mol. The highest BCUT2D eigenvalue weighted by Crippen LogP contribution is 2.60. The van der Waals surface area contributed by atoms with Crippen LogP contribution in [0.4, 0.5) is 5.69 Å². The molecule has 454 valence electrons. The Labute approximate surface area is 513 Å². The van der Waals surface area contributed by atoms with Gasteiger partial charge in [-0.25, -0.2) is 0 Å². The van der Waals surface area contributed by atoms with Crippen molar-refractivity contribution in [3.63, 3.8) is 0 Å². The number of allylic oxidation sites excluding steroid dienone is 2. The molecule has 18 heteroatoms. The number of ketones is 1. The third kappa shape index (κ3) is 7.57. The van der Waals surface area contributed by atoms with E-state index in [9.17, 15) is 24.0 Å². The van der Waals surface area contributed by atoms with Gasteiger partial charge in [0.25, 0.3) is 11.8 Å². The fraction of sp³-hybridized carbons (Fsp3) is 0.366. The van der Waals surface area contributed by atoms with Gasteiger partial charge in [0.1, 0.15) is 24.7 Å². The molecule has 4 bridgehead atoms. The van der Waals surface area contributed by atoms with Crippen LogP contribution in [0.3, 0.4) is 0 Å². The molecule has 0 radical (unpaired) electrons. The van der Waals surface area contributed by atoms with Crippen LogP contribution in [0, 0.1) is 0 Å². The number of methoxy groups -OCH3 is 2. The van der Waals surface area contributed by atoms with Crippen LogP contribution < -0.4 is 20.9 Å². The monoisotopic (exact) mass is 1190 g/mol. The molecule has 18 nitrogen and oxygen atoms in total. The molecule has 6 aliphatic heterocycles. The van der Waals surface area contributed by atoms with E-state index in [1.165, 1.54) is 5.39 Å².